The molecule has 3 atom stereocenters. The second-order valence-corrected chi connectivity index (χ2v) is 7.84. The molecule has 0 spiro atoms. The molecule has 1 heterocycles. The van der Waals surface area contributed by atoms with E-state index in [0.29, 0.717) is 11.8 Å². The van der Waals surface area contributed by atoms with Crippen LogP contribution in [0.2, 0.25) is 0 Å². The molecule has 0 fully saturated rings. The Morgan fingerprint density at radius 3 is 2.83 bits per heavy atom. The van der Waals surface area contributed by atoms with Gasteiger partial charge in [0.25, 0.3) is 0 Å². The average Bonchev–Trinajstić information content (AvgIpc) is 3.04. The maximum absolute atomic E-state index is 5.63. The monoisotopic (exact) mass is 433 g/mol. The minimum atomic E-state index is 0.230. The number of rotatable bonds is 2. The number of hydrogen-bond donors (Lipinski definition) is 1. The Bertz CT molecular complexity index is 787. The quantitative estimate of drug-likeness (QED) is 0.581. The minimum Gasteiger partial charge on any atom is -0.496 e. The van der Waals surface area contributed by atoms with Crippen LogP contribution < -0.4 is 10.1 Å². The van der Waals surface area contributed by atoms with Gasteiger partial charge in [0.2, 0.25) is 0 Å². The third-order valence-electron chi connectivity index (χ3n) is 4.87. The van der Waals surface area contributed by atoms with Gasteiger partial charge in [-0.2, -0.15) is 0 Å². The van der Waals surface area contributed by atoms with E-state index in [4.69, 9.17) is 4.74 Å². The normalized spacial score (nSPS) is 24.7. The second kappa shape index (κ2) is 5.99. The van der Waals surface area contributed by atoms with Crippen molar-refractivity contribution >= 4 is 37.5 Å². The van der Waals surface area contributed by atoms with Gasteiger partial charge in [0.15, 0.2) is 0 Å². The summed E-state index contributed by atoms with van der Waals surface area (Å²) >= 11 is 7.30. The lowest BCUT2D eigenvalue weighted by Crippen LogP contribution is -2.29. The summed E-state index contributed by atoms with van der Waals surface area (Å²) in [6.45, 7) is 0. The van der Waals surface area contributed by atoms with E-state index in [-0.39, 0.29) is 6.04 Å². The van der Waals surface area contributed by atoms with Crippen LogP contribution in [0.5, 0.6) is 5.75 Å². The number of methoxy groups -OCH3 is 1. The summed E-state index contributed by atoms with van der Waals surface area (Å²) in [5.74, 6) is 1.91. The van der Waals surface area contributed by atoms with E-state index in [9.17, 15) is 0 Å². The Morgan fingerprint density at radius 2 is 2.00 bits per heavy atom. The van der Waals surface area contributed by atoms with Crippen LogP contribution in [0.1, 0.15) is 29.5 Å². The summed E-state index contributed by atoms with van der Waals surface area (Å²) in [5.41, 5.74) is 3.79. The molecule has 2 aliphatic rings. The fourth-order valence-electron chi connectivity index (χ4n) is 3.84. The third-order valence-corrected chi connectivity index (χ3v) is 6.03. The van der Waals surface area contributed by atoms with Crippen LogP contribution in [0, 0.1) is 5.92 Å². The zero-order valence-corrected chi connectivity index (χ0v) is 15.9. The van der Waals surface area contributed by atoms with Crippen LogP contribution in [0.15, 0.2) is 57.5 Å². The number of ether oxygens (including phenoxy) is 1. The number of anilines is 1. The number of allylic oxidation sites excluding steroid dienone is 2. The third kappa shape index (κ3) is 2.52. The Kier molecular flexibility index (Phi) is 3.98. The van der Waals surface area contributed by atoms with Gasteiger partial charge in [-0.15, -0.1) is 0 Å². The molecule has 2 aromatic rings. The largest absolute Gasteiger partial charge is 0.496 e. The molecular formula is C19H17Br2NO. The molecule has 0 unspecified atom stereocenters. The first-order valence-corrected chi connectivity index (χ1v) is 9.32. The number of para-hydroxylation sites is 1. The Morgan fingerprint density at radius 1 is 1.13 bits per heavy atom. The fourth-order valence-corrected chi connectivity index (χ4v) is 4.71. The van der Waals surface area contributed by atoms with Crippen LogP contribution in [-0.2, 0) is 0 Å². The number of benzene rings is 2. The van der Waals surface area contributed by atoms with E-state index < -0.39 is 0 Å². The predicted octanol–water partition coefficient (Wildman–Crippen LogP) is 6.05. The molecule has 0 radical (unpaired) electrons. The SMILES string of the molecule is COc1ccc(Br)cc1[C@@H]1Nc2c(Br)cccc2[C@H]2C=CC[C@H]21. The Balaban J connectivity index is 1.85. The lowest BCUT2D eigenvalue weighted by atomic mass is 9.77. The van der Waals surface area contributed by atoms with Crippen molar-refractivity contribution < 1.29 is 4.74 Å². The summed E-state index contributed by atoms with van der Waals surface area (Å²) < 4.78 is 7.82. The van der Waals surface area contributed by atoms with Gasteiger partial charge < -0.3 is 10.1 Å². The van der Waals surface area contributed by atoms with Gasteiger partial charge in [0.1, 0.15) is 5.75 Å². The van der Waals surface area contributed by atoms with E-state index in [1.165, 1.54) is 16.8 Å². The van der Waals surface area contributed by atoms with Crippen LogP contribution in [0.4, 0.5) is 5.69 Å². The van der Waals surface area contributed by atoms with Crippen molar-refractivity contribution in [3.05, 3.63) is 68.6 Å². The fraction of sp³-hybridized carbons (Fsp3) is 0.263. The molecule has 1 aliphatic carbocycles. The van der Waals surface area contributed by atoms with Crippen molar-refractivity contribution in [2.45, 2.75) is 18.4 Å². The molecule has 0 bridgehead atoms. The molecule has 0 saturated carbocycles. The molecule has 0 saturated heterocycles. The van der Waals surface area contributed by atoms with Crippen molar-refractivity contribution in [2.24, 2.45) is 5.92 Å². The van der Waals surface area contributed by atoms with Crippen molar-refractivity contribution in [3.63, 3.8) is 0 Å². The van der Waals surface area contributed by atoms with E-state index in [0.717, 1.165) is 21.1 Å². The molecule has 1 aliphatic heterocycles. The van der Waals surface area contributed by atoms with Gasteiger partial charge in [-0.05, 0) is 58.1 Å². The van der Waals surface area contributed by atoms with Gasteiger partial charge in [0, 0.05) is 20.4 Å². The summed E-state index contributed by atoms with van der Waals surface area (Å²) in [6.07, 6.45) is 5.75. The second-order valence-electron chi connectivity index (χ2n) is 6.07. The minimum absolute atomic E-state index is 0.230. The predicted molar refractivity (Wildman–Crippen MR) is 101 cm³/mol. The molecule has 118 valence electrons. The highest BCUT2D eigenvalue weighted by Gasteiger charge is 2.39. The Hall–Kier alpha value is -1.26. The van der Waals surface area contributed by atoms with E-state index in [1.807, 2.05) is 12.1 Å². The van der Waals surface area contributed by atoms with Gasteiger partial charge in [-0.1, -0.05) is 40.2 Å². The van der Waals surface area contributed by atoms with Crippen LogP contribution in [0.3, 0.4) is 0 Å². The highest BCUT2D eigenvalue weighted by molar-refractivity contribution is 9.10. The molecule has 1 N–H and O–H groups in total. The van der Waals surface area contributed by atoms with Crippen LogP contribution >= 0.6 is 31.9 Å². The maximum atomic E-state index is 5.63. The molecule has 23 heavy (non-hydrogen) atoms. The Labute approximate surface area is 153 Å². The van der Waals surface area contributed by atoms with Gasteiger partial charge >= 0.3 is 0 Å². The first kappa shape index (κ1) is 15.3. The molecule has 0 amide bonds. The lowest BCUT2D eigenvalue weighted by Gasteiger charge is -2.38. The topological polar surface area (TPSA) is 21.3 Å². The summed E-state index contributed by atoms with van der Waals surface area (Å²) in [7, 11) is 1.74. The van der Waals surface area contributed by atoms with Crippen LogP contribution in [0.25, 0.3) is 0 Å². The van der Waals surface area contributed by atoms with Crippen molar-refractivity contribution in [2.75, 3.05) is 12.4 Å². The molecular weight excluding hydrogens is 418 g/mol. The van der Waals surface area contributed by atoms with E-state index in [1.54, 1.807) is 7.11 Å². The van der Waals surface area contributed by atoms with E-state index in [2.05, 4.69) is 73.6 Å². The average molecular weight is 435 g/mol. The first-order valence-electron chi connectivity index (χ1n) is 7.74. The van der Waals surface area contributed by atoms with Crippen molar-refractivity contribution in [1.82, 2.24) is 0 Å². The molecule has 2 aromatic carbocycles. The molecule has 2 nitrogen and oxygen atoms in total. The molecule has 4 heteroatoms. The van der Waals surface area contributed by atoms with Gasteiger partial charge in [-0.3, -0.25) is 0 Å². The number of fused-ring (bicyclic) bond motifs is 3. The lowest BCUT2D eigenvalue weighted by molar-refractivity contribution is 0.381. The molecule has 0 aromatic heterocycles. The van der Waals surface area contributed by atoms with Gasteiger partial charge in [0.05, 0.1) is 18.8 Å². The van der Waals surface area contributed by atoms with Gasteiger partial charge in [-0.25, -0.2) is 0 Å². The maximum Gasteiger partial charge on any atom is 0.124 e. The summed E-state index contributed by atoms with van der Waals surface area (Å²) in [4.78, 5) is 0. The summed E-state index contributed by atoms with van der Waals surface area (Å²) in [6, 6.07) is 12.9. The zero-order valence-electron chi connectivity index (χ0n) is 12.7. The molecule has 4 rings (SSSR count). The smallest absolute Gasteiger partial charge is 0.124 e. The number of halogens is 2. The summed E-state index contributed by atoms with van der Waals surface area (Å²) in [5, 5.41) is 3.77. The van der Waals surface area contributed by atoms with Crippen LogP contribution in [-0.4, -0.2) is 7.11 Å². The number of hydrogen-bond acceptors (Lipinski definition) is 2. The highest BCUT2D eigenvalue weighted by atomic mass is 79.9. The van der Waals surface area contributed by atoms with Crippen molar-refractivity contribution in [3.8, 4) is 5.75 Å². The number of nitrogens with one attached hydrogen (secondary N) is 1. The van der Waals surface area contributed by atoms with Crippen molar-refractivity contribution in [1.29, 1.82) is 0 Å². The first-order chi connectivity index (χ1) is 11.2. The zero-order chi connectivity index (χ0) is 16.0. The highest BCUT2D eigenvalue weighted by Crippen LogP contribution is 2.52. The standard InChI is InChI=1S/C19H17Br2NO/c1-23-17-9-8-11(20)10-15(17)18-13-5-2-4-12(13)14-6-3-7-16(21)19(14)22-18/h2-4,6-10,12-13,18,22H,5H2,1H3/t12-,13+,18+/m0/s1. The van der Waals surface area contributed by atoms with E-state index >= 15 is 0 Å².